The van der Waals surface area contributed by atoms with Crippen molar-refractivity contribution in [1.29, 1.82) is 0 Å². The van der Waals surface area contributed by atoms with Crippen LogP contribution < -0.4 is 15.8 Å². The number of aryl methyl sites for hydroxylation is 1. The average molecular weight is 385 g/mol. The summed E-state index contributed by atoms with van der Waals surface area (Å²) in [5, 5.41) is 8.47. The van der Waals surface area contributed by atoms with Gasteiger partial charge in [-0.15, -0.1) is 5.10 Å². The van der Waals surface area contributed by atoms with Crippen molar-refractivity contribution in [2.45, 2.75) is 6.92 Å². The number of nitrogens with zero attached hydrogens (tertiary/aromatic N) is 6. The number of hydrogen-bond donors (Lipinski definition) is 1. The van der Waals surface area contributed by atoms with Gasteiger partial charge in [-0.25, -0.2) is 14.4 Å². The smallest absolute Gasteiger partial charge is 0.275 e. The highest BCUT2D eigenvalue weighted by atomic mass is 32.1. The van der Waals surface area contributed by atoms with Crippen LogP contribution in [-0.2, 0) is 0 Å². The number of rotatable bonds is 2. The molecule has 5 rings (SSSR count). The third-order valence-corrected chi connectivity index (χ3v) is 5.51. The van der Waals surface area contributed by atoms with Crippen molar-refractivity contribution in [1.82, 2.24) is 29.3 Å². The molecule has 0 amide bonds. The molecule has 1 N–H and O–H groups in total. The first-order valence-corrected chi connectivity index (χ1v) is 9.42. The summed E-state index contributed by atoms with van der Waals surface area (Å²) in [5.74, 6) is -0.451. The predicted octanol–water partition coefficient (Wildman–Crippen LogP) is 1.32. The molecule has 27 heavy (non-hydrogen) atoms. The average Bonchev–Trinajstić information content (AvgIpc) is 3.26. The molecule has 8 nitrogen and oxygen atoms in total. The molecule has 0 spiro atoms. The standard InChI is InChI=1S/C17H16FN7OS/c1-10-8-24-9-11(6-12(18)15(24)20-10)13-7-14(26)25-16(21-13)27-17(22-25)23-4-2-19-3-5-23/h6-9,19H,2-5H2,1H3. The zero-order valence-corrected chi connectivity index (χ0v) is 15.3. The van der Waals surface area contributed by atoms with Crippen molar-refractivity contribution in [3.63, 3.8) is 0 Å². The lowest BCUT2D eigenvalue weighted by molar-refractivity contribution is 0.585. The molecule has 0 unspecified atom stereocenters. The first-order valence-electron chi connectivity index (χ1n) is 8.60. The summed E-state index contributed by atoms with van der Waals surface area (Å²) >= 11 is 1.36. The molecule has 0 atom stereocenters. The van der Waals surface area contributed by atoms with E-state index in [1.54, 1.807) is 23.7 Å². The second-order valence-corrected chi connectivity index (χ2v) is 7.42. The minimum Gasteiger partial charge on any atom is -0.344 e. The number of aromatic nitrogens is 5. The van der Waals surface area contributed by atoms with E-state index in [0.29, 0.717) is 16.2 Å². The summed E-state index contributed by atoms with van der Waals surface area (Å²) in [6, 6.07) is 2.75. The van der Waals surface area contributed by atoms with Gasteiger partial charge >= 0.3 is 0 Å². The van der Waals surface area contributed by atoms with Crippen molar-refractivity contribution in [3.8, 4) is 11.3 Å². The SMILES string of the molecule is Cc1cn2cc(-c3cc(=O)n4nc(N5CCNCC5)sc4n3)cc(F)c2n1. The molecule has 1 saturated heterocycles. The summed E-state index contributed by atoms with van der Waals surface area (Å²) in [6.07, 6.45) is 3.47. The third kappa shape index (κ3) is 2.77. The molecule has 0 saturated carbocycles. The van der Waals surface area contributed by atoms with Crippen molar-refractivity contribution >= 4 is 27.1 Å². The normalized spacial score (nSPS) is 15.1. The van der Waals surface area contributed by atoms with Crippen LogP contribution in [0.2, 0.25) is 0 Å². The van der Waals surface area contributed by atoms with E-state index in [4.69, 9.17) is 0 Å². The number of hydrogen-bond acceptors (Lipinski definition) is 7. The topological polar surface area (TPSA) is 79.8 Å². The Kier molecular flexibility index (Phi) is 3.69. The van der Waals surface area contributed by atoms with Gasteiger partial charge in [-0.1, -0.05) is 11.3 Å². The largest absolute Gasteiger partial charge is 0.344 e. The van der Waals surface area contributed by atoms with Gasteiger partial charge in [-0.2, -0.15) is 4.52 Å². The maximum Gasteiger partial charge on any atom is 0.275 e. The minimum absolute atomic E-state index is 0.257. The number of fused-ring (bicyclic) bond motifs is 2. The molecule has 0 aliphatic carbocycles. The van der Waals surface area contributed by atoms with Gasteiger partial charge in [0, 0.05) is 50.2 Å². The fourth-order valence-electron chi connectivity index (χ4n) is 3.25. The molecule has 10 heteroatoms. The molecule has 1 aliphatic heterocycles. The zero-order chi connectivity index (χ0) is 18.5. The number of piperazine rings is 1. The van der Waals surface area contributed by atoms with Gasteiger partial charge in [-0.3, -0.25) is 4.79 Å². The van der Waals surface area contributed by atoms with Crippen LogP contribution >= 0.6 is 11.3 Å². The van der Waals surface area contributed by atoms with Crippen molar-refractivity contribution < 1.29 is 4.39 Å². The van der Waals surface area contributed by atoms with Gasteiger partial charge in [-0.05, 0) is 13.0 Å². The number of pyridine rings is 1. The fraction of sp³-hybridized carbons (Fsp3) is 0.294. The predicted molar refractivity (Wildman–Crippen MR) is 101 cm³/mol. The highest BCUT2D eigenvalue weighted by molar-refractivity contribution is 7.20. The molecule has 0 bridgehead atoms. The lowest BCUT2D eigenvalue weighted by Crippen LogP contribution is -2.43. The Labute approximate surface area is 156 Å². The highest BCUT2D eigenvalue weighted by Gasteiger charge is 2.18. The molecule has 4 aromatic rings. The number of halogens is 1. The summed E-state index contributed by atoms with van der Waals surface area (Å²) in [7, 11) is 0. The third-order valence-electron chi connectivity index (χ3n) is 4.54. The monoisotopic (exact) mass is 385 g/mol. The Morgan fingerprint density at radius 1 is 1.19 bits per heavy atom. The van der Waals surface area contributed by atoms with Crippen LogP contribution in [0.25, 0.3) is 21.9 Å². The van der Waals surface area contributed by atoms with E-state index in [-0.39, 0.29) is 11.2 Å². The van der Waals surface area contributed by atoms with Gasteiger partial charge in [0.2, 0.25) is 10.1 Å². The first-order chi connectivity index (χ1) is 13.1. The molecule has 0 radical (unpaired) electrons. The summed E-state index contributed by atoms with van der Waals surface area (Å²) < 4.78 is 17.3. The number of imidazole rings is 1. The highest BCUT2D eigenvalue weighted by Crippen LogP contribution is 2.25. The van der Waals surface area contributed by atoms with Gasteiger partial charge in [0.15, 0.2) is 11.5 Å². The molecular weight excluding hydrogens is 369 g/mol. The zero-order valence-electron chi connectivity index (χ0n) is 14.5. The van der Waals surface area contributed by atoms with E-state index in [0.717, 1.165) is 37.0 Å². The fourth-order valence-corrected chi connectivity index (χ4v) is 4.21. The van der Waals surface area contributed by atoms with Crippen LogP contribution in [-0.4, -0.2) is 50.2 Å². The first kappa shape index (κ1) is 16.3. The Morgan fingerprint density at radius 3 is 2.81 bits per heavy atom. The number of anilines is 1. The Bertz CT molecular complexity index is 1220. The van der Waals surface area contributed by atoms with Gasteiger partial charge < -0.3 is 14.6 Å². The van der Waals surface area contributed by atoms with Crippen LogP contribution in [0.15, 0.2) is 29.3 Å². The lowest BCUT2D eigenvalue weighted by atomic mass is 10.2. The Hall–Kier alpha value is -2.85. The van der Waals surface area contributed by atoms with Gasteiger partial charge in [0.1, 0.15) is 0 Å². The van der Waals surface area contributed by atoms with Gasteiger partial charge in [0.05, 0.1) is 11.4 Å². The minimum atomic E-state index is -0.451. The van der Waals surface area contributed by atoms with E-state index < -0.39 is 5.82 Å². The van der Waals surface area contributed by atoms with Crippen LogP contribution in [0, 0.1) is 12.7 Å². The molecule has 0 aromatic carbocycles. The molecule has 4 aromatic heterocycles. The van der Waals surface area contributed by atoms with Crippen LogP contribution in [0.5, 0.6) is 0 Å². The van der Waals surface area contributed by atoms with E-state index in [1.807, 2.05) is 0 Å². The van der Waals surface area contributed by atoms with Crippen molar-refractivity contribution in [2.75, 3.05) is 31.1 Å². The Balaban J connectivity index is 1.62. The Morgan fingerprint density at radius 2 is 2.00 bits per heavy atom. The molecule has 1 fully saturated rings. The van der Waals surface area contributed by atoms with E-state index in [2.05, 4.69) is 25.3 Å². The van der Waals surface area contributed by atoms with E-state index >= 15 is 0 Å². The van der Waals surface area contributed by atoms with E-state index in [9.17, 15) is 9.18 Å². The second-order valence-electron chi connectivity index (χ2n) is 6.49. The molecule has 5 heterocycles. The summed E-state index contributed by atoms with van der Waals surface area (Å²) in [4.78, 5) is 23.9. The molecule has 1 aliphatic rings. The van der Waals surface area contributed by atoms with Crippen LogP contribution in [0.3, 0.4) is 0 Å². The maximum absolute atomic E-state index is 14.4. The molecule has 138 valence electrons. The van der Waals surface area contributed by atoms with Crippen molar-refractivity contribution in [2.24, 2.45) is 0 Å². The lowest BCUT2D eigenvalue weighted by Gasteiger charge is -2.26. The maximum atomic E-state index is 14.4. The second kappa shape index (κ2) is 6.10. The van der Waals surface area contributed by atoms with Gasteiger partial charge in [0.25, 0.3) is 5.56 Å². The quantitative estimate of drug-likeness (QED) is 0.561. The van der Waals surface area contributed by atoms with Crippen LogP contribution in [0.4, 0.5) is 9.52 Å². The summed E-state index contributed by atoms with van der Waals surface area (Å²) in [5.41, 5.74) is 1.64. The van der Waals surface area contributed by atoms with E-state index in [1.165, 1.54) is 28.0 Å². The van der Waals surface area contributed by atoms with Crippen molar-refractivity contribution in [3.05, 3.63) is 46.4 Å². The number of nitrogens with one attached hydrogen (secondary N) is 1. The molecular formula is C17H16FN7OS. The van der Waals surface area contributed by atoms with Crippen LogP contribution in [0.1, 0.15) is 5.69 Å². The summed E-state index contributed by atoms with van der Waals surface area (Å²) in [6.45, 7) is 5.24.